The second-order valence-corrected chi connectivity index (χ2v) is 7.28. The fraction of sp³-hybridized carbons (Fsp3) is 0.526. The van der Waals surface area contributed by atoms with E-state index in [1.807, 2.05) is 4.90 Å². The number of nitrogens with zero attached hydrogens (tertiary/aromatic N) is 2. The van der Waals surface area contributed by atoms with E-state index >= 15 is 0 Å². The lowest BCUT2D eigenvalue weighted by Crippen LogP contribution is -2.58. The van der Waals surface area contributed by atoms with Crippen LogP contribution in [0.4, 0.5) is 0 Å². The maximum Gasteiger partial charge on any atom is 0.320 e. The van der Waals surface area contributed by atoms with Gasteiger partial charge in [-0.3, -0.25) is 24.2 Å². The Morgan fingerprint density at radius 1 is 1.00 bits per heavy atom. The molecule has 2 amide bonds. The number of carbonyl (C=O) groups excluding carboxylic acids is 2. The van der Waals surface area contributed by atoms with Crippen molar-refractivity contribution in [1.82, 2.24) is 9.80 Å². The van der Waals surface area contributed by atoms with E-state index in [9.17, 15) is 19.5 Å². The number of likely N-dealkylation sites (tertiary alicyclic amines) is 1. The van der Waals surface area contributed by atoms with E-state index in [1.165, 1.54) is 11.3 Å². The minimum absolute atomic E-state index is 0.0739. The maximum atomic E-state index is 12.6. The molecule has 3 atom stereocenters. The summed E-state index contributed by atoms with van der Waals surface area (Å²) in [7, 11) is 0. The number of benzene rings is 1. The Hall–Kier alpha value is -2.21. The quantitative estimate of drug-likeness (QED) is 0.853. The van der Waals surface area contributed by atoms with Crippen LogP contribution in [0.1, 0.15) is 59.2 Å². The fourth-order valence-electron chi connectivity index (χ4n) is 4.73. The summed E-state index contributed by atoms with van der Waals surface area (Å²) in [5.74, 6) is -1.02. The molecule has 25 heavy (non-hydrogen) atoms. The van der Waals surface area contributed by atoms with Crippen LogP contribution in [0.25, 0.3) is 0 Å². The largest absolute Gasteiger partial charge is 0.480 e. The van der Waals surface area contributed by atoms with Gasteiger partial charge in [0.15, 0.2) is 0 Å². The first-order valence-corrected chi connectivity index (χ1v) is 9.01. The summed E-state index contributed by atoms with van der Waals surface area (Å²) < 4.78 is 0. The monoisotopic (exact) mass is 342 g/mol. The molecule has 1 aliphatic carbocycles. The molecule has 1 aromatic carbocycles. The smallest absolute Gasteiger partial charge is 0.320 e. The molecule has 0 aromatic heterocycles. The van der Waals surface area contributed by atoms with Crippen molar-refractivity contribution >= 4 is 17.8 Å². The van der Waals surface area contributed by atoms with Gasteiger partial charge in [-0.1, -0.05) is 25.0 Å². The van der Waals surface area contributed by atoms with Crippen molar-refractivity contribution in [3.05, 3.63) is 35.4 Å². The number of hydrogen-bond donors (Lipinski definition) is 1. The van der Waals surface area contributed by atoms with Gasteiger partial charge in [0, 0.05) is 6.04 Å². The zero-order valence-corrected chi connectivity index (χ0v) is 14.1. The standard InChI is InChI=1S/C19H22N2O4/c22-17-13-6-2-3-7-14(13)18(23)21(17)11-20-15-8-4-1-5-12(15)9-10-16(20)19(24)25/h2-3,6-7,12,15-16H,1,4-5,8-11H2,(H,24,25). The number of carbonyl (C=O) groups is 3. The number of imide groups is 1. The van der Waals surface area contributed by atoms with Crippen LogP contribution in [0.3, 0.4) is 0 Å². The Morgan fingerprint density at radius 2 is 1.64 bits per heavy atom. The highest BCUT2D eigenvalue weighted by Crippen LogP contribution is 2.38. The van der Waals surface area contributed by atoms with Gasteiger partial charge >= 0.3 is 5.97 Å². The van der Waals surface area contributed by atoms with Gasteiger partial charge in [0.1, 0.15) is 6.04 Å². The van der Waals surface area contributed by atoms with Crippen LogP contribution in [-0.2, 0) is 4.79 Å². The van der Waals surface area contributed by atoms with Crippen LogP contribution in [0.15, 0.2) is 24.3 Å². The Kier molecular flexibility index (Phi) is 4.07. The Bertz CT molecular complexity index is 697. The molecule has 3 aliphatic rings. The summed E-state index contributed by atoms with van der Waals surface area (Å²) >= 11 is 0. The van der Waals surface area contributed by atoms with Gasteiger partial charge in [-0.2, -0.15) is 0 Å². The van der Waals surface area contributed by atoms with Crippen LogP contribution >= 0.6 is 0 Å². The van der Waals surface area contributed by atoms with Gasteiger partial charge < -0.3 is 5.11 Å². The molecular weight excluding hydrogens is 320 g/mol. The van der Waals surface area contributed by atoms with Crippen LogP contribution < -0.4 is 0 Å². The molecule has 2 fully saturated rings. The summed E-state index contributed by atoms with van der Waals surface area (Å²) in [6.45, 7) is 0.0739. The molecule has 6 heteroatoms. The van der Waals surface area contributed by atoms with Gasteiger partial charge in [0.2, 0.25) is 0 Å². The van der Waals surface area contributed by atoms with Crippen molar-refractivity contribution in [3.8, 4) is 0 Å². The summed E-state index contributed by atoms with van der Waals surface area (Å²) in [6, 6.07) is 6.32. The average molecular weight is 342 g/mol. The molecule has 6 nitrogen and oxygen atoms in total. The minimum Gasteiger partial charge on any atom is -0.480 e. The summed E-state index contributed by atoms with van der Waals surface area (Å²) in [5, 5.41) is 9.65. The number of carboxylic acid groups (broad SMARTS) is 1. The van der Waals surface area contributed by atoms with E-state index in [0.29, 0.717) is 23.5 Å². The van der Waals surface area contributed by atoms with E-state index in [-0.39, 0.29) is 24.5 Å². The number of rotatable bonds is 3. The molecule has 3 unspecified atom stereocenters. The van der Waals surface area contributed by atoms with Crippen LogP contribution in [0.2, 0.25) is 0 Å². The first-order chi connectivity index (χ1) is 12.1. The predicted molar refractivity (Wildman–Crippen MR) is 90.1 cm³/mol. The zero-order valence-electron chi connectivity index (χ0n) is 14.1. The normalized spacial score (nSPS) is 29.4. The number of hydrogen-bond acceptors (Lipinski definition) is 4. The summed E-state index contributed by atoms with van der Waals surface area (Å²) in [5.41, 5.74) is 0.827. The Labute approximate surface area is 146 Å². The molecule has 132 valence electrons. The number of piperidine rings is 1. The number of carboxylic acids is 1. The van der Waals surface area contributed by atoms with Crippen molar-refractivity contribution < 1.29 is 19.5 Å². The van der Waals surface area contributed by atoms with Crippen LogP contribution in [0, 0.1) is 5.92 Å². The average Bonchev–Trinajstić information content (AvgIpc) is 2.87. The molecule has 0 spiro atoms. The second-order valence-electron chi connectivity index (χ2n) is 7.28. The minimum atomic E-state index is -0.861. The van der Waals surface area contributed by atoms with Crippen LogP contribution in [-0.4, -0.2) is 51.4 Å². The summed E-state index contributed by atoms with van der Waals surface area (Å²) in [6.07, 6.45) is 5.80. The fourth-order valence-corrected chi connectivity index (χ4v) is 4.73. The SMILES string of the molecule is O=C(O)C1CCC2CCCCC2N1CN1C(=O)c2ccccc2C1=O. The van der Waals surface area contributed by atoms with Gasteiger partial charge in [-0.25, -0.2) is 0 Å². The number of amides is 2. The zero-order chi connectivity index (χ0) is 17.6. The molecule has 0 bridgehead atoms. The third-order valence-electron chi connectivity index (χ3n) is 5.97. The molecule has 1 aromatic rings. The predicted octanol–water partition coefficient (Wildman–Crippen LogP) is 2.35. The van der Waals surface area contributed by atoms with Crippen molar-refractivity contribution in [2.45, 2.75) is 50.6 Å². The first-order valence-electron chi connectivity index (χ1n) is 9.01. The topological polar surface area (TPSA) is 77.9 Å². The highest BCUT2D eigenvalue weighted by atomic mass is 16.4. The molecular formula is C19H22N2O4. The number of aliphatic carboxylic acids is 1. The third-order valence-corrected chi connectivity index (χ3v) is 5.97. The summed E-state index contributed by atoms with van der Waals surface area (Å²) in [4.78, 5) is 40.2. The molecule has 4 rings (SSSR count). The molecule has 1 N–H and O–H groups in total. The van der Waals surface area contributed by atoms with Gasteiger partial charge in [-0.05, 0) is 43.7 Å². The Balaban J connectivity index is 1.62. The van der Waals surface area contributed by atoms with Gasteiger partial charge in [-0.15, -0.1) is 0 Å². The second kappa shape index (κ2) is 6.26. The van der Waals surface area contributed by atoms with Gasteiger partial charge in [0.25, 0.3) is 11.8 Å². The molecule has 2 heterocycles. The molecule has 1 saturated heterocycles. The first kappa shape index (κ1) is 16.3. The van der Waals surface area contributed by atoms with E-state index in [2.05, 4.69) is 0 Å². The van der Waals surface area contributed by atoms with Crippen molar-refractivity contribution in [2.24, 2.45) is 5.92 Å². The molecule has 2 aliphatic heterocycles. The van der Waals surface area contributed by atoms with E-state index in [1.54, 1.807) is 24.3 Å². The van der Waals surface area contributed by atoms with Gasteiger partial charge in [0.05, 0.1) is 17.8 Å². The molecule has 1 saturated carbocycles. The highest BCUT2D eigenvalue weighted by molar-refractivity contribution is 6.21. The third kappa shape index (κ3) is 2.65. The maximum absolute atomic E-state index is 12.6. The van der Waals surface area contributed by atoms with Crippen LogP contribution in [0.5, 0.6) is 0 Å². The van der Waals surface area contributed by atoms with Crippen molar-refractivity contribution in [1.29, 1.82) is 0 Å². The van der Waals surface area contributed by atoms with Crippen molar-refractivity contribution in [3.63, 3.8) is 0 Å². The highest BCUT2D eigenvalue weighted by Gasteiger charge is 2.45. The van der Waals surface area contributed by atoms with E-state index in [0.717, 1.165) is 25.7 Å². The lowest BCUT2D eigenvalue weighted by molar-refractivity contribution is -0.149. The Morgan fingerprint density at radius 3 is 2.28 bits per heavy atom. The lowest BCUT2D eigenvalue weighted by atomic mass is 9.76. The van der Waals surface area contributed by atoms with E-state index in [4.69, 9.17) is 0 Å². The lowest BCUT2D eigenvalue weighted by Gasteiger charge is -2.47. The number of fused-ring (bicyclic) bond motifs is 2. The van der Waals surface area contributed by atoms with Crippen molar-refractivity contribution in [2.75, 3.05) is 6.67 Å². The van der Waals surface area contributed by atoms with E-state index < -0.39 is 12.0 Å². The molecule has 0 radical (unpaired) electrons.